The Balaban J connectivity index is 0.000000745. The first-order valence-electron chi connectivity index (χ1n) is 14.6. The number of rotatable bonds is 7. The first-order valence-corrected chi connectivity index (χ1v) is 15.4. The van der Waals surface area contributed by atoms with Crippen LogP contribution >= 0.6 is 23.2 Å². The van der Waals surface area contributed by atoms with Crippen LogP contribution < -0.4 is 9.64 Å². The number of carbonyl (C=O) groups is 1. The third-order valence-corrected chi connectivity index (χ3v) is 7.06. The number of aromatic nitrogens is 2. The zero-order valence-electron chi connectivity index (χ0n) is 25.6. The van der Waals surface area contributed by atoms with Crippen LogP contribution in [0.5, 0.6) is 5.75 Å². The molecule has 2 aliphatic rings. The molecule has 1 amide bonds. The van der Waals surface area contributed by atoms with Crippen LogP contribution in [-0.2, 0) is 26.6 Å². The van der Waals surface area contributed by atoms with Gasteiger partial charge in [0.1, 0.15) is 18.5 Å². The fourth-order valence-electron chi connectivity index (χ4n) is 4.60. The van der Waals surface area contributed by atoms with Crippen molar-refractivity contribution in [2.45, 2.75) is 60.0 Å². The summed E-state index contributed by atoms with van der Waals surface area (Å²) in [6, 6.07) is 13.3. The van der Waals surface area contributed by atoms with Crippen LogP contribution in [0.1, 0.15) is 47.1 Å². The normalized spacial score (nSPS) is 20.0. The van der Waals surface area contributed by atoms with Gasteiger partial charge < -0.3 is 28.6 Å². The zero-order chi connectivity index (χ0) is 30.7. The van der Waals surface area contributed by atoms with E-state index in [4.69, 9.17) is 37.4 Å². The van der Waals surface area contributed by atoms with Crippen molar-refractivity contribution in [3.05, 3.63) is 76.8 Å². The molecule has 2 saturated heterocycles. The van der Waals surface area contributed by atoms with E-state index in [9.17, 15) is 4.79 Å². The van der Waals surface area contributed by atoms with Crippen molar-refractivity contribution < 1.29 is 19.0 Å². The lowest BCUT2D eigenvalue weighted by Gasteiger charge is -2.35. The number of halogens is 2. The molecule has 1 aromatic heterocycles. The van der Waals surface area contributed by atoms with Gasteiger partial charge in [-0.15, -0.1) is 0 Å². The lowest BCUT2D eigenvalue weighted by Crippen LogP contribution is -2.48. The third-order valence-electron chi connectivity index (χ3n) is 6.51. The second kappa shape index (κ2) is 16.2. The summed E-state index contributed by atoms with van der Waals surface area (Å²) in [6.45, 7) is 16.3. The average molecular weight is 620 g/mol. The Hall–Kier alpha value is -2.78. The summed E-state index contributed by atoms with van der Waals surface area (Å²) >= 11 is 12.7. The third kappa shape index (κ3) is 9.36. The number of imidazole rings is 1. The number of piperazine rings is 1. The highest BCUT2D eigenvalue weighted by Crippen LogP contribution is 2.40. The van der Waals surface area contributed by atoms with E-state index in [0.29, 0.717) is 35.4 Å². The van der Waals surface area contributed by atoms with Gasteiger partial charge in [-0.2, -0.15) is 0 Å². The minimum atomic E-state index is -1.08. The van der Waals surface area contributed by atoms with E-state index in [2.05, 4.69) is 30.7 Å². The van der Waals surface area contributed by atoms with Gasteiger partial charge in [-0.05, 0) is 42.3 Å². The first-order chi connectivity index (χ1) is 20.1. The fourth-order valence-corrected chi connectivity index (χ4v) is 5.15. The molecule has 3 aromatic rings. The molecule has 0 N–H and O–H groups in total. The summed E-state index contributed by atoms with van der Waals surface area (Å²) in [5.41, 5.74) is 1.82. The van der Waals surface area contributed by atoms with E-state index in [1.807, 2.05) is 59.8 Å². The number of hydrogen-bond acceptors (Lipinski definition) is 6. The van der Waals surface area contributed by atoms with Gasteiger partial charge in [0.25, 0.3) is 0 Å². The second-order valence-corrected chi connectivity index (χ2v) is 11.5. The molecule has 42 heavy (non-hydrogen) atoms. The Kier molecular flexibility index (Phi) is 13.0. The van der Waals surface area contributed by atoms with Gasteiger partial charge in [0.2, 0.25) is 11.7 Å². The van der Waals surface area contributed by atoms with E-state index in [1.165, 1.54) is 0 Å². The van der Waals surface area contributed by atoms with Crippen LogP contribution in [0.2, 0.25) is 10.0 Å². The highest BCUT2D eigenvalue weighted by molar-refractivity contribution is 6.35. The van der Waals surface area contributed by atoms with Gasteiger partial charge in [0.05, 0.1) is 24.5 Å². The topological polar surface area (TPSA) is 69.1 Å². The minimum Gasteiger partial charge on any atom is -0.491 e. The molecule has 2 unspecified atom stereocenters. The van der Waals surface area contributed by atoms with E-state index < -0.39 is 5.79 Å². The van der Waals surface area contributed by atoms with Crippen LogP contribution in [0, 0.1) is 5.92 Å². The van der Waals surface area contributed by atoms with Crippen LogP contribution in [0.25, 0.3) is 0 Å². The van der Waals surface area contributed by atoms with E-state index in [0.717, 1.165) is 43.5 Å². The molecule has 2 fully saturated rings. The van der Waals surface area contributed by atoms with E-state index >= 15 is 0 Å². The Morgan fingerprint density at radius 3 is 2.31 bits per heavy atom. The molecule has 230 valence electrons. The monoisotopic (exact) mass is 618 g/mol. The molecular weight excluding hydrogens is 575 g/mol. The molecule has 0 saturated carbocycles. The summed E-state index contributed by atoms with van der Waals surface area (Å²) in [5, 5.41) is 1.02. The lowest BCUT2D eigenvalue weighted by molar-refractivity contribution is -0.189. The van der Waals surface area contributed by atoms with Gasteiger partial charge >= 0.3 is 0 Å². The molecule has 0 bridgehead atoms. The van der Waals surface area contributed by atoms with E-state index in [1.54, 1.807) is 31.6 Å². The zero-order valence-corrected chi connectivity index (χ0v) is 27.1. The summed E-state index contributed by atoms with van der Waals surface area (Å²) in [6.07, 6.45) is 4.98. The van der Waals surface area contributed by atoms with Gasteiger partial charge in [-0.3, -0.25) is 4.79 Å². The Morgan fingerprint density at radius 2 is 1.74 bits per heavy atom. The number of carbonyl (C=O) groups excluding carboxylic acids is 1. The smallest absolute Gasteiger partial charge is 0.219 e. The van der Waals surface area contributed by atoms with Crippen molar-refractivity contribution in [3.8, 4) is 5.75 Å². The van der Waals surface area contributed by atoms with E-state index in [-0.39, 0.29) is 12.0 Å². The van der Waals surface area contributed by atoms with Gasteiger partial charge in [-0.25, -0.2) is 4.98 Å². The van der Waals surface area contributed by atoms with Crippen molar-refractivity contribution in [3.63, 3.8) is 0 Å². The Morgan fingerprint density at radius 1 is 1.07 bits per heavy atom. The van der Waals surface area contributed by atoms with Crippen LogP contribution in [0.4, 0.5) is 5.69 Å². The number of ether oxygens (including phenoxy) is 3. The van der Waals surface area contributed by atoms with Gasteiger partial charge in [-0.1, -0.05) is 63.9 Å². The van der Waals surface area contributed by atoms with Crippen molar-refractivity contribution in [2.75, 3.05) is 44.3 Å². The average Bonchev–Trinajstić information content (AvgIpc) is 3.64. The first kappa shape index (κ1) is 33.7. The van der Waals surface area contributed by atoms with Crippen LogP contribution in [0.15, 0.2) is 61.2 Å². The van der Waals surface area contributed by atoms with Crippen molar-refractivity contribution in [2.24, 2.45) is 5.92 Å². The molecule has 2 aliphatic heterocycles. The number of hydrogen-bond donors (Lipinski definition) is 0. The Labute approximate surface area is 260 Å². The number of nitrogens with zero attached hydrogens (tertiary/aromatic N) is 4. The summed E-state index contributed by atoms with van der Waals surface area (Å²) < 4.78 is 20.6. The molecular formula is C32H44Cl2N4O4. The van der Waals surface area contributed by atoms with Crippen molar-refractivity contribution in [1.29, 1.82) is 0 Å². The molecule has 0 spiro atoms. The maximum Gasteiger partial charge on any atom is 0.219 e. The maximum absolute atomic E-state index is 11.6. The van der Waals surface area contributed by atoms with Crippen LogP contribution in [-0.4, -0.2) is 65.9 Å². The fraction of sp³-hybridized carbons (Fsp3) is 0.500. The van der Waals surface area contributed by atoms with Gasteiger partial charge in [0.15, 0.2) is 0 Å². The molecule has 2 atom stereocenters. The summed E-state index contributed by atoms with van der Waals surface area (Å²) in [5.74, 6) is 0.632. The van der Waals surface area contributed by atoms with Gasteiger partial charge in [0, 0.05) is 61.8 Å². The Bertz CT molecular complexity index is 1230. The molecule has 0 radical (unpaired) electrons. The van der Waals surface area contributed by atoms with Crippen molar-refractivity contribution >= 4 is 34.8 Å². The predicted octanol–water partition coefficient (Wildman–Crippen LogP) is 6.89. The predicted molar refractivity (Wildman–Crippen MR) is 169 cm³/mol. The summed E-state index contributed by atoms with van der Waals surface area (Å²) in [4.78, 5) is 19.8. The van der Waals surface area contributed by atoms with Crippen LogP contribution in [0.3, 0.4) is 0 Å². The SMILES string of the molecule is CC.CC(=O)N1CCN(c2ccc(OCC3COC(Cn4ccnc4)(c4ccc(Cl)cc4Cl)O3)cc2)CC1.CC(C)C. The summed E-state index contributed by atoms with van der Waals surface area (Å²) in [7, 11) is 0. The molecule has 8 nitrogen and oxygen atoms in total. The molecule has 5 rings (SSSR count). The molecule has 0 aliphatic carbocycles. The standard InChI is InChI=1S/C26H28Cl2N4O4.C4H10.C2H6/c1-19(33)31-10-12-32(13-11-31)21-3-5-22(6-4-21)34-15-23-16-35-26(36-23,17-30-9-8-29-18-30)24-7-2-20(27)14-25(24)28;1-4(2)3;1-2/h2-9,14,18,23H,10-13,15-17H2,1H3;4H,1-3H3;1-2H3. The molecule has 10 heteroatoms. The lowest BCUT2D eigenvalue weighted by atomic mass is 10.1. The molecule has 3 heterocycles. The maximum atomic E-state index is 11.6. The minimum absolute atomic E-state index is 0.129. The van der Waals surface area contributed by atoms with Crippen molar-refractivity contribution in [1.82, 2.24) is 14.5 Å². The molecule has 2 aromatic carbocycles. The highest BCUT2D eigenvalue weighted by atomic mass is 35.5. The quantitative estimate of drug-likeness (QED) is 0.287. The number of benzene rings is 2. The number of amides is 1. The largest absolute Gasteiger partial charge is 0.491 e. The second-order valence-electron chi connectivity index (χ2n) is 10.7. The highest BCUT2D eigenvalue weighted by Gasteiger charge is 2.45. The number of anilines is 1.